The average molecular weight is 572 g/mol. The van der Waals surface area contributed by atoms with Crippen molar-refractivity contribution < 1.29 is 18.7 Å². The van der Waals surface area contributed by atoms with Crippen molar-refractivity contribution in [2.24, 2.45) is 0 Å². The van der Waals surface area contributed by atoms with Crippen LogP contribution in [0, 0.1) is 17.1 Å². The molecule has 0 aromatic heterocycles. The molecule has 0 unspecified atom stereocenters. The van der Waals surface area contributed by atoms with Gasteiger partial charge in [0.2, 0.25) is 11.8 Å². The predicted molar refractivity (Wildman–Crippen MR) is 156 cm³/mol. The molecule has 3 aromatic carbocycles. The second kappa shape index (κ2) is 11.4. The number of nitrogens with zero attached hydrogens (tertiary/aromatic N) is 4. The van der Waals surface area contributed by atoms with Gasteiger partial charge in [-0.05, 0) is 53.9 Å². The van der Waals surface area contributed by atoms with Crippen LogP contribution in [0.3, 0.4) is 0 Å². The smallest absolute Gasteiger partial charge is 0.243 e. The van der Waals surface area contributed by atoms with Crippen molar-refractivity contribution in [2.75, 3.05) is 36.0 Å². The Bertz CT molecular complexity index is 1520. The van der Waals surface area contributed by atoms with Crippen molar-refractivity contribution in [3.05, 3.63) is 88.7 Å². The fourth-order valence-corrected chi connectivity index (χ4v) is 6.34. The van der Waals surface area contributed by atoms with Crippen LogP contribution in [-0.4, -0.2) is 48.9 Å². The normalized spacial score (nSPS) is 20.9. The van der Waals surface area contributed by atoms with Gasteiger partial charge in [-0.2, -0.15) is 17.9 Å². The monoisotopic (exact) mass is 571 g/mol. The van der Waals surface area contributed by atoms with Crippen molar-refractivity contribution >= 4 is 35.8 Å². The molecule has 41 heavy (non-hydrogen) atoms. The first kappa shape index (κ1) is 27.1. The molecule has 8 nitrogen and oxygen atoms in total. The molecule has 2 atom stereocenters. The number of nitrogens with one attached hydrogen (secondary N) is 1. The Balaban J connectivity index is 1.06. The number of benzene rings is 3. The second-order valence-electron chi connectivity index (χ2n) is 10.5. The predicted octanol–water partition coefficient (Wildman–Crippen LogP) is 4.15. The number of thiol groups is 1. The van der Waals surface area contributed by atoms with E-state index in [0.29, 0.717) is 50.3 Å². The highest BCUT2D eigenvalue weighted by Gasteiger charge is 2.40. The van der Waals surface area contributed by atoms with E-state index in [-0.39, 0.29) is 23.0 Å². The maximum Gasteiger partial charge on any atom is 0.243 e. The van der Waals surface area contributed by atoms with Crippen molar-refractivity contribution in [3.8, 4) is 11.8 Å². The summed E-state index contributed by atoms with van der Waals surface area (Å²) in [6, 6.07) is 20.4. The van der Waals surface area contributed by atoms with Crippen LogP contribution >= 0.6 is 12.6 Å². The number of hydrogen-bond donors (Lipinski definition) is 2. The Morgan fingerprint density at radius 2 is 1.78 bits per heavy atom. The summed E-state index contributed by atoms with van der Waals surface area (Å²) in [6.07, 6.45) is 0.814. The van der Waals surface area contributed by atoms with Gasteiger partial charge in [-0.3, -0.25) is 19.8 Å². The molecule has 2 amide bonds. The molecule has 0 bridgehead atoms. The Morgan fingerprint density at radius 1 is 1.02 bits per heavy atom. The van der Waals surface area contributed by atoms with Gasteiger partial charge in [0.05, 0.1) is 28.7 Å². The summed E-state index contributed by atoms with van der Waals surface area (Å²) < 4.78 is 20.7. The van der Waals surface area contributed by atoms with E-state index in [1.54, 1.807) is 12.1 Å². The van der Waals surface area contributed by atoms with Gasteiger partial charge in [0, 0.05) is 50.4 Å². The summed E-state index contributed by atoms with van der Waals surface area (Å²) in [4.78, 5) is 30.4. The van der Waals surface area contributed by atoms with E-state index in [4.69, 9.17) is 22.6 Å². The molecule has 0 radical (unpaired) electrons. The van der Waals surface area contributed by atoms with Crippen LogP contribution in [0.1, 0.15) is 40.5 Å². The van der Waals surface area contributed by atoms with E-state index in [1.807, 2.05) is 34.1 Å². The third-order valence-corrected chi connectivity index (χ3v) is 8.68. The fraction of sp³-hybridized carbons (Fsp3) is 0.323. The van der Waals surface area contributed by atoms with Gasteiger partial charge in [0.25, 0.3) is 0 Å². The lowest BCUT2D eigenvalue weighted by Crippen LogP contribution is -2.51. The van der Waals surface area contributed by atoms with Gasteiger partial charge in [0.15, 0.2) is 0 Å². The number of ether oxygens (including phenoxy) is 1. The number of piperidine rings is 1. The minimum atomic E-state index is -0.395. The van der Waals surface area contributed by atoms with E-state index in [9.17, 15) is 14.0 Å². The highest BCUT2D eigenvalue weighted by atomic mass is 32.1. The maximum atomic E-state index is 14.5. The van der Waals surface area contributed by atoms with Crippen LogP contribution in [0.2, 0.25) is 0 Å². The Morgan fingerprint density at radius 3 is 2.49 bits per heavy atom. The van der Waals surface area contributed by atoms with Gasteiger partial charge in [-0.1, -0.05) is 24.3 Å². The molecule has 0 aliphatic carbocycles. The van der Waals surface area contributed by atoms with E-state index in [1.165, 1.54) is 6.07 Å². The number of hydrogen-bond acceptors (Lipinski definition) is 8. The van der Waals surface area contributed by atoms with Crippen LogP contribution < -0.4 is 19.9 Å². The van der Waals surface area contributed by atoms with E-state index < -0.39 is 6.04 Å². The molecular formula is C31H30FN5O3S. The molecule has 3 aliphatic rings. The number of carbonyl (C=O) groups excluding carboxylic acids is 2. The third-order valence-electron chi connectivity index (χ3n) is 8.11. The zero-order valence-corrected chi connectivity index (χ0v) is 23.3. The highest BCUT2D eigenvalue weighted by Crippen LogP contribution is 2.43. The lowest BCUT2D eigenvalue weighted by Gasteiger charge is -2.37. The minimum absolute atomic E-state index is 0.227. The van der Waals surface area contributed by atoms with Crippen molar-refractivity contribution in [2.45, 2.75) is 37.4 Å². The molecule has 3 aromatic rings. The van der Waals surface area contributed by atoms with Crippen LogP contribution in [-0.2, 0) is 22.7 Å². The average Bonchev–Trinajstić information content (AvgIpc) is 3.33. The lowest BCUT2D eigenvalue weighted by molar-refractivity contribution is -0.137. The number of halogens is 1. The molecule has 2 saturated heterocycles. The summed E-state index contributed by atoms with van der Waals surface area (Å²) >= 11 is 4.79. The molecule has 3 aliphatic heterocycles. The number of nitriles is 1. The Labute approximate surface area is 243 Å². The first-order valence-corrected chi connectivity index (χ1v) is 14.2. The number of carbonyl (C=O) groups is 2. The maximum absolute atomic E-state index is 14.5. The van der Waals surface area contributed by atoms with Crippen LogP contribution in [0.15, 0.2) is 60.7 Å². The number of imide groups is 1. The number of piperazine rings is 1. The van der Waals surface area contributed by atoms with Crippen LogP contribution in [0.25, 0.3) is 0 Å². The molecule has 2 fully saturated rings. The Kier molecular flexibility index (Phi) is 7.56. The molecule has 3 heterocycles. The second-order valence-corrected chi connectivity index (χ2v) is 11.0. The molecule has 1 N–H and O–H groups in total. The summed E-state index contributed by atoms with van der Waals surface area (Å²) in [5.41, 5.74) is 5.04. The summed E-state index contributed by atoms with van der Waals surface area (Å²) in [6.45, 7) is 3.84. The Hall–Kier alpha value is -4.07. The first-order valence-electron chi connectivity index (χ1n) is 13.7. The highest BCUT2D eigenvalue weighted by molar-refractivity contribution is 7.80. The van der Waals surface area contributed by atoms with Crippen LogP contribution in [0.5, 0.6) is 5.75 Å². The molecular weight excluding hydrogens is 541 g/mol. The lowest BCUT2D eigenvalue weighted by atomic mass is 10.0. The largest absolute Gasteiger partial charge is 0.489 e. The van der Waals surface area contributed by atoms with Gasteiger partial charge in [-0.25, -0.2) is 4.39 Å². The molecule has 6 rings (SSSR count). The SMILES string of the molecule is N#Cc1ccc(N2CCN(c3ccc(COc4cccc5c4CN([C@H]4CCC(=O)NC4=O)[C@H]5S)cc3)CC2)c(F)c1. The number of rotatable bonds is 6. The number of amides is 2. The topological polar surface area (TPSA) is 88.9 Å². The van der Waals surface area contributed by atoms with Crippen molar-refractivity contribution in [1.82, 2.24) is 10.2 Å². The molecule has 210 valence electrons. The van der Waals surface area contributed by atoms with Gasteiger partial charge in [-0.15, -0.1) is 0 Å². The summed E-state index contributed by atoms with van der Waals surface area (Å²) in [5, 5.41) is 11.2. The molecule has 0 spiro atoms. The quantitative estimate of drug-likeness (QED) is 0.340. The number of anilines is 2. The first-order chi connectivity index (χ1) is 19.9. The molecule has 0 saturated carbocycles. The third kappa shape index (κ3) is 5.47. The fourth-order valence-electron chi connectivity index (χ4n) is 5.86. The van der Waals surface area contributed by atoms with Crippen LogP contribution in [0.4, 0.5) is 15.8 Å². The number of fused-ring (bicyclic) bond motifs is 1. The zero-order chi connectivity index (χ0) is 28.5. The van der Waals surface area contributed by atoms with Crippen molar-refractivity contribution in [1.29, 1.82) is 5.26 Å². The van der Waals surface area contributed by atoms with E-state index >= 15 is 0 Å². The van der Waals surface area contributed by atoms with E-state index in [0.717, 1.165) is 41.2 Å². The van der Waals surface area contributed by atoms with Gasteiger partial charge in [0.1, 0.15) is 18.2 Å². The summed E-state index contributed by atoms with van der Waals surface area (Å²) in [7, 11) is 0. The van der Waals surface area contributed by atoms with Crippen molar-refractivity contribution in [3.63, 3.8) is 0 Å². The van der Waals surface area contributed by atoms with E-state index in [2.05, 4.69) is 34.5 Å². The summed E-state index contributed by atoms with van der Waals surface area (Å²) in [5.74, 6) is -0.0842. The molecule has 10 heteroatoms. The standard InChI is InChI=1S/C31H30FN5O3S/c32-25-16-21(17-33)6-9-26(25)36-14-12-35(13-15-36)22-7-4-20(5-8-22)19-40-28-3-1-2-23-24(28)18-37(31(23)41)27-10-11-29(38)34-30(27)39/h1-9,16,27,31,41H,10-15,18-19H2,(H,34,38,39)/t27-,31-/m0/s1. The van der Waals surface area contributed by atoms with Gasteiger partial charge >= 0.3 is 0 Å². The zero-order valence-electron chi connectivity index (χ0n) is 22.4. The minimum Gasteiger partial charge on any atom is -0.489 e. The van der Waals surface area contributed by atoms with Gasteiger partial charge < -0.3 is 14.5 Å².